The van der Waals surface area contributed by atoms with Gasteiger partial charge in [0.1, 0.15) is 22.9 Å². The van der Waals surface area contributed by atoms with Crippen molar-refractivity contribution in [3.8, 4) is 11.5 Å². The molecular weight excluding hydrogens is 616 g/mol. The van der Waals surface area contributed by atoms with Gasteiger partial charge in [-0.3, -0.25) is 4.79 Å². The number of nitrogens with zero attached hydrogens (tertiary/aromatic N) is 2. The Kier molecular flexibility index (Phi) is 13.5. The number of benzene rings is 2. The van der Waals surface area contributed by atoms with Gasteiger partial charge in [0.2, 0.25) is 11.7 Å². The van der Waals surface area contributed by atoms with Crippen molar-refractivity contribution in [2.75, 3.05) is 60.1 Å². The van der Waals surface area contributed by atoms with Crippen molar-refractivity contribution in [3.05, 3.63) is 72.0 Å². The minimum Gasteiger partial charge on any atom is -0.497 e. The standard InChI is InChI=1S/C31H40N2O6S.C2H2O4/c1-7-39-31(37-6)17-16-22(20-28(31)36-5)32(2)18-10-11-19-38-26-15-14-23(35-4)21-24(26)29-30(34)33(3)25-12-8-9-13-27(25)40-29;3-1(4)2(5)6/h8-9,12-17,20-21,28-29H,7,10-11,18-19H2,1-6H3;(H,3,4)(H,5,6). The number of carbonyl (C=O) groups excluding carboxylic acids is 1. The second kappa shape index (κ2) is 17.0. The number of unbranched alkanes of at least 4 members (excludes halogenated alkanes) is 1. The number of thioether (sulfide) groups is 1. The van der Waals surface area contributed by atoms with Crippen LogP contribution in [-0.4, -0.2) is 100 Å². The van der Waals surface area contributed by atoms with E-state index in [0.717, 1.165) is 41.2 Å². The van der Waals surface area contributed by atoms with Crippen LogP contribution in [0.4, 0.5) is 5.69 Å². The summed E-state index contributed by atoms with van der Waals surface area (Å²) in [6.07, 6.45) is 7.42. The number of anilines is 1. The molecule has 250 valence electrons. The molecule has 3 atom stereocenters. The number of para-hydroxylation sites is 1. The highest BCUT2D eigenvalue weighted by molar-refractivity contribution is 8.00. The lowest BCUT2D eigenvalue weighted by Crippen LogP contribution is -2.47. The molecule has 3 unspecified atom stereocenters. The molecule has 1 aliphatic heterocycles. The summed E-state index contributed by atoms with van der Waals surface area (Å²) in [6.45, 7) is 3.84. The number of carboxylic acids is 2. The molecule has 13 heteroatoms. The van der Waals surface area contributed by atoms with Crippen molar-refractivity contribution in [2.24, 2.45) is 0 Å². The number of rotatable bonds is 13. The molecule has 1 amide bonds. The van der Waals surface area contributed by atoms with E-state index in [1.807, 2.05) is 74.7 Å². The summed E-state index contributed by atoms with van der Waals surface area (Å²) in [4.78, 5) is 36.5. The van der Waals surface area contributed by atoms with Crippen LogP contribution in [0.5, 0.6) is 11.5 Å². The average Bonchev–Trinajstić information content (AvgIpc) is 3.06. The fraction of sp³-hybridized carbons (Fsp3) is 0.424. The molecule has 0 bridgehead atoms. The zero-order valence-electron chi connectivity index (χ0n) is 26.9. The Balaban J connectivity index is 0.000000875. The maximum absolute atomic E-state index is 13.4. The zero-order valence-corrected chi connectivity index (χ0v) is 27.7. The second-order valence-corrected chi connectivity index (χ2v) is 11.4. The van der Waals surface area contributed by atoms with Crippen LogP contribution in [0.2, 0.25) is 0 Å². The van der Waals surface area contributed by atoms with E-state index in [1.54, 1.807) is 38.0 Å². The number of carbonyl (C=O) groups is 3. The molecule has 0 aromatic heterocycles. The number of amides is 1. The Bertz CT molecular complexity index is 1420. The van der Waals surface area contributed by atoms with E-state index in [2.05, 4.69) is 11.9 Å². The topological polar surface area (TPSA) is 144 Å². The van der Waals surface area contributed by atoms with Crippen LogP contribution in [-0.2, 0) is 28.6 Å². The number of aliphatic carboxylic acids is 2. The highest BCUT2D eigenvalue weighted by atomic mass is 32.2. The summed E-state index contributed by atoms with van der Waals surface area (Å²) < 4.78 is 28.9. The summed E-state index contributed by atoms with van der Waals surface area (Å²) in [5.74, 6) is -3.13. The van der Waals surface area contributed by atoms with Crippen LogP contribution < -0.4 is 14.4 Å². The van der Waals surface area contributed by atoms with Crippen LogP contribution in [0.15, 0.2) is 71.3 Å². The summed E-state index contributed by atoms with van der Waals surface area (Å²) in [7, 11) is 8.80. The highest BCUT2D eigenvalue weighted by Gasteiger charge is 2.39. The van der Waals surface area contributed by atoms with Crippen LogP contribution in [0, 0.1) is 0 Å². The molecule has 2 aliphatic rings. The van der Waals surface area contributed by atoms with E-state index in [4.69, 9.17) is 43.5 Å². The molecule has 0 saturated carbocycles. The van der Waals surface area contributed by atoms with Crippen LogP contribution in [0.3, 0.4) is 0 Å². The molecule has 0 spiro atoms. The summed E-state index contributed by atoms with van der Waals surface area (Å²) >= 11 is 1.55. The van der Waals surface area contributed by atoms with E-state index >= 15 is 0 Å². The monoisotopic (exact) mass is 658 g/mol. The zero-order chi connectivity index (χ0) is 33.9. The Morgan fingerprint density at radius 3 is 2.41 bits per heavy atom. The number of ether oxygens (including phenoxy) is 5. The van der Waals surface area contributed by atoms with Crippen molar-refractivity contribution in [3.63, 3.8) is 0 Å². The van der Waals surface area contributed by atoms with Gasteiger partial charge in [-0.1, -0.05) is 12.1 Å². The van der Waals surface area contributed by atoms with Gasteiger partial charge in [0.05, 0.1) is 19.4 Å². The molecule has 0 fully saturated rings. The van der Waals surface area contributed by atoms with Crippen molar-refractivity contribution < 1.29 is 48.3 Å². The molecule has 1 heterocycles. The lowest BCUT2D eigenvalue weighted by atomic mass is 10.0. The number of carboxylic acid groups (broad SMARTS) is 2. The molecule has 2 aromatic carbocycles. The molecule has 46 heavy (non-hydrogen) atoms. The van der Waals surface area contributed by atoms with Gasteiger partial charge >= 0.3 is 11.9 Å². The highest BCUT2D eigenvalue weighted by Crippen LogP contribution is 2.48. The minimum absolute atomic E-state index is 0.0217. The third-order valence-electron chi connectivity index (χ3n) is 7.44. The quantitative estimate of drug-likeness (QED) is 0.176. The summed E-state index contributed by atoms with van der Waals surface area (Å²) in [5.41, 5.74) is 2.80. The maximum Gasteiger partial charge on any atom is 0.414 e. The lowest BCUT2D eigenvalue weighted by Gasteiger charge is -2.38. The van der Waals surface area contributed by atoms with Gasteiger partial charge in [0, 0.05) is 57.6 Å². The molecule has 2 N–H and O–H groups in total. The van der Waals surface area contributed by atoms with E-state index in [1.165, 1.54) is 0 Å². The van der Waals surface area contributed by atoms with Crippen molar-refractivity contribution >= 4 is 35.3 Å². The smallest absolute Gasteiger partial charge is 0.414 e. The predicted molar refractivity (Wildman–Crippen MR) is 173 cm³/mol. The molecule has 1 aliphatic carbocycles. The fourth-order valence-corrected chi connectivity index (χ4v) is 6.27. The van der Waals surface area contributed by atoms with Gasteiger partial charge in [-0.25, -0.2) is 9.59 Å². The van der Waals surface area contributed by atoms with Crippen molar-refractivity contribution in [1.82, 2.24) is 4.90 Å². The first kappa shape index (κ1) is 36.4. The van der Waals surface area contributed by atoms with Crippen LogP contribution in [0.25, 0.3) is 0 Å². The summed E-state index contributed by atoms with van der Waals surface area (Å²) in [5, 5.41) is 14.4. The average molecular weight is 659 g/mol. The van der Waals surface area contributed by atoms with Crippen LogP contribution >= 0.6 is 11.8 Å². The van der Waals surface area contributed by atoms with E-state index in [-0.39, 0.29) is 12.0 Å². The van der Waals surface area contributed by atoms with E-state index in [9.17, 15) is 4.79 Å². The predicted octanol–water partition coefficient (Wildman–Crippen LogP) is 4.60. The third-order valence-corrected chi connectivity index (χ3v) is 8.73. The minimum atomic E-state index is -1.82. The summed E-state index contributed by atoms with van der Waals surface area (Å²) in [6, 6.07) is 13.6. The number of hydrogen-bond donors (Lipinski definition) is 2. The number of likely N-dealkylation sites (N-methyl/N-ethyl adjacent to an activating group) is 2. The van der Waals surface area contributed by atoms with Crippen molar-refractivity contribution in [2.45, 2.75) is 41.8 Å². The van der Waals surface area contributed by atoms with Gasteiger partial charge in [-0.05, 0) is 68.3 Å². The first-order chi connectivity index (χ1) is 22.0. The Morgan fingerprint density at radius 1 is 1.07 bits per heavy atom. The molecule has 4 rings (SSSR count). The Labute approximate surface area is 273 Å². The Morgan fingerprint density at radius 2 is 1.78 bits per heavy atom. The first-order valence-corrected chi connectivity index (χ1v) is 15.5. The molecular formula is C33H42N2O10S. The third kappa shape index (κ3) is 8.81. The molecule has 0 saturated heterocycles. The lowest BCUT2D eigenvalue weighted by molar-refractivity contribution is -0.233. The van der Waals surface area contributed by atoms with Gasteiger partial charge < -0.3 is 43.7 Å². The number of hydrogen-bond acceptors (Lipinski definition) is 10. The van der Waals surface area contributed by atoms with Crippen LogP contribution in [0.1, 0.15) is 30.6 Å². The van der Waals surface area contributed by atoms with Gasteiger partial charge in [0.25, 0.3) is 0 Å². The SMILES string of the molecule is CCOC1(OC)C=CC(N(C)CCCCOc2ccc(OC)cc2C2Sc3ccccc3N(C)C2=O)=CC1OC.O=C(O)C(=O)O. The van der Waals surface area contributed by atoms with E-state index in [0.29, 0.717) is 24.7 Å². The fourth-order valence-electron chi connectivity index (χ4n) is 4.96. The Hall–Kier alpha value is -4.04. The van der Waals surface area contributed by atoms with Gasteiger partial charge in [-0.2, -0.15) is 0 Å². The van der Waals surface area contributed by atoms with Gasteiger partial charge in [-0.15, -0.1) is 11.8 Å². The molecule has 2 aromatic rings. The first-order valence-electron chi connectivity index (χ1n) is 14.7. The number of fused-ring (bicyclic) bond motifs is 1. The maximum atomic E-state index is 13.4. The second-order valence-electron chi connectivity index (χ2n) is 10.3. The molecule has 12 nitrogen and oxygen atoms in total. The van der Waals surface area contributed by atoms with E-state index < -0.39 is 23.0 Å². The number of allylic oxidation sites excluding steroid dienone is 1. The normalized spacial score (nSPS) is 20.2. The molecule has 0 radical (unpaired) electrons. The van der Waals surface area contributed by atoms with Gasteiger partial charge in [0.15, 0.2) is 0 Å². The number of methoxy groups -OCH3 is 3. The largest absolute Gasteiger partial charge is 0.497 e. The van der Waals surface area contributed by atoms with Crippen molar-refractivity contribution in [1.29, 1.82) is 0 Å².